The molecule has 8 nitrogen and oxygen atoms in total. The van der Waals surface area contributed by atoms with E-state index in [0.717, 1.165) is 15.8 Å². The van der Waals surface area contributed by atoms with Crippen molar-refractivity contribution in [3.05, 3.63) is 24.4 Å². The number of nitrogens with two attached hydrogens (primary N) is 1. The normalized spacial score (nSPS) is 11.2. The molecule has 3 aromatic heterocycles. The zero-order valence-corrected chi connectivity index (χ0v) is 10.8. The van der Waals surface area contributed by atoms with E-state index in [0.29, 0.717) is 22.5 Å². The number of hydrogen-bond acceptors (Lipinski definition) is 8. The lowest BCUT2D eigenvalue weighted by Crippen LogP contribution is -1.81. The second kappa shape index (κ2) is 4.10. The number of nitrogen functional groups attached to an aromatic ring is 1. The molecule has 0 unspecified atom stereocenters. The highest BCUT2D eigenvalue weighted by Crippen LogP contribution is 2.29. The Morgan fingerprint density at radius 1 is 1.25 bits per heavy atom. The summed E-state index contributed by atoms with van der Waals surface area (Å²) in [5.74, 6) is 0.800. The molecule has 1 aromatic carbocycles. The fourth-order valence-corrected chi connectivity index (χ4v) is 2.60. The molecule has 0 fully saturated rings. The van der Waals surface area contributed by atoms with Crippen LogP contribution in [0, 0.1) is 0 Å². The largest absolute Gasteiger partial charge is 0.375 e. The number of anilines is 1. The maximum atomic E-state index is 5.68. The van der Waals surface area contributed by atoms with E-state index in [-0.39, 0.29) is 0 Å². The molecule has 3 N–H and O–H groups in total. The summed E-state index contributed by atoms with van der Waals surface area (Å²) in [6.07, 6.45) is 1.53. The molecular weight excluding hydrogens is 278 g/mol. The van der Waals surface area contributed by atoms with E-state index >= 15 is 0 Å². The van der Waals surface area contributed by atoms with Gasteiger partial charge in [-0.25, -0.2) is 4.98 Å². The number of fused-ring (bicyclic) bond motifs is 1. The summed E-state index contributed by atoms with van der Waals surface area (Å²) >= 11 is 1.41. The molecule has 0 aliphatic rings. The number of thiazole rings is 1. The lowest BCUT2D eigenvalue weighted by molar-refractivity contribution is 0.432. The molecule has 20 heavy (non-hydrogen) atoms. The van der Waals surface area contributed by atoms with Crippen LogP contribution in [0.1, 0.15) is 0 Å². The van der Waals surface area contributed by atoms with Gasteiger partial charge in [0.2, 0.25) is 5.82 Å². The van der Waals surface area contributed by atoms with Gasteiger partial charge in [-0.05, 0) is 18.2 Å². The van der Waals surface area contributed by atoms with Crippen molar-refractivity contribution in [2.24, 2.45) is 0 Å². The topological polar surface area (TPSA) is 119 Å². The number of aromatic amines is 1. The minimum Gasteiger partial charge on any atom is -0.375 e. The number of nitrogens with one attached hydrogen (secondary N) is 1. The summed E-state index contributed by atoms with van der Waals surface area (Å²) in [6, 6.07) is 5.66. The van der Waals surface area contributed by atoms with Crippen LogP contribution < -0.4 is 5.73 Å². The van der Waals surface area contributed by atoms with E-state index in [2.05, 4.69) is 30.5 Å². The van der Waals surface area contributed by atoms with Crippen LogP contribution in [0.3, 0.4) is 0 Å². The fraction of sp³-hybridized carbons (Fsp3) is 0. The van der Waals surface area contributed by atoms with Crippen LogP contribution in [0.5, 0.6) is 0 Å². The average molecular weight is 285 g/mol. The second-order valence-electron chi connectivity index (χ2n) is 4.01. The Morgan fingerprint density at radius 3 is 3.05 bits per heavy atom. The van der Waals surface area contributed by atoms with Crippen molar-refractivity contribution in [3.63, 3.8) is 0 Å². The van der Waals surface area contributed by atoms with E-state index < -0.39 is 0 Å². The first-order chi connectivity index (χ1) is 9.79. The molecule has 9 heteroatoms. The Balaban J connectivity index is 1.78. The van der Waals surface area contributed by atoms with Gasteiger partial charge in [0.05, 0.1) is 16.4 Å². The Bertz CT molecular complexity index is 879. The highest BCUT2D eigenvalue weighted by atomic mass is 32.1. The molecule has 0 bridgehead atoms. The Kier molecular flexibility index (Phi) is 2.27. The van der Waals surface area contributed by atoms with Gasteiger partial charge in [0, 0.05) is 5.56 Å². The Morgan fingerprint density at radius 2 is 2.20 bits per heavy atom. The highest BCUT2D eigenvalue weighted by Gasteiger charge is 2.13. The van der Waals surface area contributed by atoms with Crippen molar-refractivity contribution in [1.82, 2.24) is 30.5 Å². The van der Waals surface area contributed by atoms with E-state index in [1.165, 1.54) is 17.5 Å². The summed E-state index contributed by atoms with van der Waals surface area (Å²) in [7, 11) is 0. The molecule has 0 saturated carbocycles. The van der Waals surface area contributed by atoms with Gasteiger partial charge in [-0.2, -0.15) is 20.4 Å². The van der Waals surface area contributed by atoms with E-state index in [1.807, 2.05) is 18.2 Å². The molecule has 0 aliphatic carbocycles. The summed E-state index contributed by atoms with van der Waals surface area (Å²) in [5.41, 5.74) is 7.88. The Labute approximate surface area is 115 Å². The van der Waals surface area contributed by atoms with Crippen LogP contribution in [-0.4, -0.2) is 30.5 Å². The molecular formula is C11H7N7OS. The summed E-state index contributed by atoms with van der Waals surface area (Å²) in [5, 5.41) is 14.5. The highest BCUT2D eigenvalue weighted by molar-refractivity contribution is 7.22. The molecule has 0 atom stereocenters. The third kappa shape index (κ3) is 1.72. The number of H-pyrrole nitrogens is 1. The molecule has 4 rings (SSSR count). The van der Waals surface area contributed by atoms with Crippen molar-refractivity contribution in [1.29, 1.82) is 0 Å². The van der Waals surface area contributed by atoms with Crippen LogP contribution >= 0.6 is 11.3 Å². The monoisotopic (exact) mass is 285 g/mol. The SMILES string of the molecule is Nc1nc2ccc(-c3nc(-c4cn[nH]n4)no3)cc2s1. The smallest absolute Gasteiger partial charge is 0.258 e. The average Bonchev–Trinajstić information content (AvgIpc) is 3.17. The Hall–Kier alpha value is -2.81. The van der Waals surface area contributed by atoms with Gasteiger partial charge < -0.3 is 10.3 Å². The van der Waals surface area contributed by atoms with Crippen molar-refractivity contribution in [2.45, 2.75) is 0 Å². The number of hydrogen-bond donors (Lipinski definition) is 2. The summed E-state index contributed by atoms with van der Waals surface area (Å²) < 4.78 is 6.21. The molecule has 0 aliphatic heterocycles. The van der Waals surface area contributed by atoms with Crippen molar-refractivity contribution in [3.8, 4) is 23.0 Å². The quantitative estimate of drug-likeness (QED) is 0.575. The van der Waals surface area contributed by atoms with Crippen LogP contribution in [0.4, 0.5) is 5.13 Å². The second-order valence-corrected chi connectivity index (χ2v) is 5.08. The number of aromatic nitrogens is 6. The third-order valence-corrected chi connectivity index (χ3v) is 3.57. The van der Waals surface area contributed by atoms with Gasteiger partial charge in [0.15, 0.2) is 10.8 Å². The molecule has 4 aromatic rings. The van der Waals surface area contributed by atoms with E-state index in [1.54, 1.807) is 0 Å². The molecule has 0 saturated heterocycles. The molecule has 98 valence electrons. The first-order valence-corrected chi connectivity index (χ1v) is 6.47. The summed E-state index contributed by atoms with van der Waals surface area (Å²) in [6.45, 7) is 0. The van der Waals surface area contributed by atoms with Crippen molar-refractivity contribution < 1.29 is 4.52 Å². The maximum Gasteiger partial charge on any atom is 0.258 e. The van der Waals surface area contributed by atoms with Crippen LogP contribution in [0.15, 0.2) is 28.9 Å². The molecule has 0 spiro atoms. The van der Waals surface area contributed by atoms with Gasteiger partial charge in [0.25, 0.3) is 5.89 Å². The zero-order valence-electron chi connectivity index (χ0n) is 9.94. The van der Waals surface area contributed by atoms with Gasteiger partial charge in [-0.15, -0.1) is 0 Å². The fourth-order valence-electron chi connectivity index (χ4n) is 1.83. The van der Waals surface area contributed by atoms with Gasteiger partial charge in [-0.1, -0.05) is 16.5 Å². The van der Waals surface area contributed by atoms with Gasteiger partial charge in [-0.3, -0.25) is 0 Å². The number of rotatable bonds is 2. The number of benzene rings is 1. The first-order valence-electron chi connectivity index (χ1n) is 5.66. The minimum absolute atomic E-state index is 0.387. The standard InChI is InChI=1S/C11H7N7OS/c12-11-14-6-2-1-5(3-8(6)20-11)10-15-9(17-19-10)7-4-13-18-16-7/h1-4H,(H2,12,14)(H,13,16,18). The minimum atomic E-state index is 0.387. The van der Waals surface area contributed by atoms with Crippen molar-refractivity contribution >= 4 is 26.7 Å². The van der Waals surface area contributed by atoms with Crippen LogP contribution in [0.2, 0.25) is 0 Å². The predicted molar refractivity (Wildman–Crippen MR) is 72.7 cm³/mol. The van der Waals surface area contributed by atoms with Crippen molar-refractivity contribution in [2.75, 3.05) is 5.73 Å². The number of nitrogens with zero attached hydrogens (tertiary/aromatic N) is 5. The molecule has 0 amide bonds. The van der Waals surface area contributed by atoms with Crippen LogP contribution in [0.25, 0.3) is 33.2 Å². The lowest BCUT2D eigenvalue weighted by Gasteiger charge is -1.92. The first kappa shape index (κ1) is 11.1. The van der Waals surface area contributed by atoms with E-state index in [4.69, 9.17) is 10.3 Å². The molecule has 0 radical (unpaired) electrons. The van der Waals surface area contributed by atoms with E-state index in [9.17, 15) is 0 Å². The summed E-state index contributed by atoms with van der Waals surface area (Å²) in [4.78, 5) is 8.49. The van der Waals surface area contributed by atoms with Gasteiger partial charge in [0.1, 0.15) is 0 Å². The predicted octanol–water partition coefficient (Wildman–Crippen LogP) is 1.71. The zero-order chi connectivity index (χ0) is 13.5. The lowest BCUT2D eigenvalue weighted by atomic mass is 10.2. The third-order valence-electron chi connectivity index (χ3n) is 2.72. The maximum absolute atomic E-state index is 5.68. The van der Waals surface area contributed by atoms with Crippen LogP contribution in [-0.2, 0) is 0 Å². The van der Waals surface area contributed by atoms with Gasteiger partial charge >= 0.3 is 0 Å². The molecule has 3 heterocycles.